The first-order valence-electron chi connectivity index (χ1n) is 6.13. The Morgan fingerprint density at radius 2 is 1.80 bits per heavy atom. The summed E-state index contributed by atoms with van der Waals surface area (Å²) in [6.45, 7) is 2.19. The molecule has 0 saturated heterocycles. The summed E-state index contributed by atoms with van der Waals surface area (Å²) >= 11 is 0. The number of rotatable bonds is 6. The largest absolute Gasteiger partial charge is 0.504 e. The van der Waals surface area contributed by atoms with E-state index < -0.39 is 17.9 Å². The molecule has 110 valence electrons. The summed E-state index contributed by atoms with van der Waals surface area (Å²) in [5, 5.41) is 9.60. The maximum absolute atomic E-state index is 11.6. The highest BCUT2D eigenvalue weighted by Gasteiger charge is 2.29. The molecule has 6 heteroatoms. The molecule has 0 radical (unpaired) electrons. The number of phenols is 1. The van der Waals surface area contributed by atoms with Crippen LogP contribution in [0.5, 0.6) is 11.5 Å². The molecular formula is C14H18O6. The van der Waals surface area contributed by atoms with E-state index in [0.29, 0.717) is 17.9 Å². The molecule has 0 fully saturated rings. The van der Waals surface area contributed by atoms with Gasteiger partial charge in [0.05, 0.1) is 20.8 Å². The normalized spacial score (nSPS) is 10.2. The number of phenolic OH excluding ortho intramolecular Hbond substituents is 1. The number of benzene rings is 1. The Bertz CT molecular complexity index is 467. The summed E-state index contributed by atoms with van der Waals surface area (Å²) in [5.74, 6) is -2.06. The lowest BCUT2D eigenvalue weighted by molar-refractivity contribution is -0.158. The minimum Gasteiger partial charge on any atom is -0.504 e. The summed E-state index contributed by atoms with van der Waals surface area (Å²) in [6.07, 6.45) is 0.111. The first-order valence-corrected chi connectivity index (χ1v) is 6.13. The molecule has 1 aromatic rings. The highest BCUT2D eigenvalue weighted by molar-refractivity contribution is 5.95. The second kappa shape index (κ2) is 7.37. The second-order valence-corrected chi connectivity index (χ2v) is 4.04. The average Bonchev–Trinajstić information content (AvgIpc) is 2.46. The first-order chi connectivity index (χ1) is 9.53. The minimum atomic E-state index is -1.04. The molecule has 1 N–H and O–H groups in total. The zero-order valence-corrected chi connectivity index (χ0v) is 11.7. The van der Waals surface area contributed by atoms with Gasteiger partial charge in [-0.3, -0.25) is 9.59 Å². The van der Waals surface area contributed by atoms with Crippen LogP contribution < -0.4 is 4.74 Å². The number of ether oxygens (including phenoxy) is 3. The maximum atomic E-state index is 11.6. The molecule has 0 amide bonds. The van der Waals surface area contributed by atoms with Gasteiger partial charge in [-0.2, -0.15) is 0 Å². The van der Waals surface area contributed by atoms with Crippen molar-refractivity contribution in [2.45, 2.75) is 13.3 Å². The Kier molecular flexibility index (Phi) is 5.83. The van der Waals surface area contributed by atoms with Gasteiger partial charge in [-0.15, -0.1) is 0 Å². The van der Waals surface area contributed by atoms with E-state index in [1.54, 1.807) is 19.1 Å². The zero-order valence-electron chi connectivity index (χ0n) is 11.7. The fourth-order valence-electron chi connectivity index (χ4n) is 1.74. The standard InChI is InChI=1S/C14H18O6/c1-4-20-12-8-9(5-6-11(12)15)7-10(13(16)18-2)14(17)19-3/h5-6,8,10,15H,4,7H2,1-3H3. The van der Waals surface area contributed by atoms with Crippen LogP contribution in [0.15, 0.2) is 18.2 Å². The predicted octanol–water partition coefficient (Wildman–Crippen LogP) is 1.30. The molecule has 0 aliphatic heterocycles. The van der Waals surface area contributed by atoms with Gasteiger partial charge in [-0.1, -0.05) is 6.07 Å². The van der Waals surface area contributed by atoms with Crippen LogP contribution in [0.4, 0.5) is 0 Å². The van der Waals surface area contributed by atoms with Crippen molar-refractivity contribution in [1.29, 1.82) is 0 Å². The smallest absolute Gasteiger partial charge is 0.320 e. The van der Waals surface area contributed by atoms with Crippen LogP contribution in [0.1, 0.15) is 12.5 Å². The number of carbonyl (C=O) groups is 2. The van der Waals surface area contributed by atoms with Gasteiger partial charge < -0.3 is 19.3 Å². The molecule has 1 aromatic carbocycles. The number of hydrogen-bond donors (Lipinski definition) is 1. The molecule has 0 aliphatic rings. The Balaban J connectivity index is 2.96. The van der Waals surface area contributed by atoms with Gasteiger partial charge in [-0.25, -0.2) is 0 Å². The summed E-state index contributed by atoms with van der Waals surface area (Å²) in [7, 11) is 2.42. The lowest BCUT2D eigenvalue weighted by Gasteiger charge is -2.13. The number of esters is 2. The van der Waals surface area contributed by atoms with Gasteiger partial charge in [0, 0.05) is 0 Å². The van der Waals surface area contributed by atoms with Gasteiger partial charge in [-0.05, 0) is 31.0 Å². The van der Waals surface area contributed by atoms with Crippen LogP contribution in [0.25, 0.3) is 0 Å². The molecular weight excluding hydrogens is 264 g/mol. The summed E-state index contributed by atoms with van der Waals surface area (Å²) < 4.78 is 14.4. The highest BCUT2D eigenvalue weighted by atomic mass is 16.5. The van der Waals surface area contributed by atoms with Crippen molar-refractivity contribution < 1.29 is 28.9 Å². The van der Waals surface area contributed by atoms with Crippen molar-refractivity contribution in [1.82, 2.24) is 0 Å². The summed E-state index contributed by atoms with van der Waals surface area (Å²) in [4.78, 5) is 23.2. The number of carbonyl (C=O) groups excluding carboxylic acids is 2. The quantitative estimate of drug-likeness (QED) is 0.625. The van der Waals surface area contributed by atoms with Crippen LogP contribution in [0.2, 0.25) is 0 Å². The van der Waals surface area contributed by atoms with Crippen LogP contribution in [-0.2, 0) is 25.5 Å². The van der Waals surface area contributed by atoms with Gasteiger partial charge in [0.2, 0.25) is 0 Å². The third-order valence-electron chi connectivity index (χ3n) is 2.74. The molecule has 0 aromatic heterocycles. The van der Waals surface area contributed by atoms with Crippen molar-refractivity contribution in [3.8, 4) is 11.5 Å². The zero-order chi connectivity index (χ0) is 15.1. The second-order valence-electron chi connectivity index (χ2n) is 4.04. The summed E-state index contributed by atoms with van der Waals surface area (Å²) in [6, 6.07) is 4.64. The fourth-order valence-corrected chi connectivity index (χ4v) is 1.74. The number of aromatic hydroxyl groups is 1. The van der Waals surface area contributed by atoms with Crippen molar-refractivity contribution >= 4 is 11.9 Å². The van der Waals surface area contributed by atoms with Crippen LogP contribution in [-0.4, -0.2) is 37.9 Å². The molecule has 20 heavy (non-hydrogen) atoms. The Labute approximate surface area is 117 Å². The van der Waals surface area contributed by atoms with Crippen molar-refractivity contribution in [3.05, 3.63) is 23.8 Å². The first kappa shape index (κ1) is 15.8. The number of hydrogen-bond acceptors (Lipinski definition) is 6. The average molecular weight is 282 g/mol. The minimum absolute atomic E-state index is 0.00304. The van der Waals surface area contributed by atoms with Crippen molar-refractivity contribution in [2.75, 3.05) is 20.8 Å². The maximum Gasteiger partial charge on any atom is 0.320 e. The fraction of sp³-hybridized carbons (Fsp3) is 0.429. The summed E-state index contributed by atoms with van der Waals surface area (Å²) in [5.41, 5.74) is 0.659. The molecule has 6 nitrogen and oxygen atoms in total. The lowest BCUT2D eigenvalue weighted by atomic mass is 9.99. The van der Waals surface area contributed by atoms with Gasteiger partial charge in [0.15, 0.2) is 17.4 Å². The molecule has 0 spiro atoms. The molecule has 1 rings (SSSR count). The van der Waals surface area contributed by atoms with Gasteiger partial charge in [0.25, 0.3) is 0 Å². The molecule has 0 aliphatic carbocycles. The van der Waals surface area contributed by atoms with Crippen LogP contribution in [0, 0.1) is 5.92 Å². The topological polar surface area (TPSA) is 82.1 Å². The van der Waals surface area contributed by atoms with Crippen molar-refractivity contribution in [3.63, 3.8) is 0 Å². The van der Waals surface area contributed by atoms with Gasteiger partial charge in [0.1, 0.15) is 0 Å². The predicted molar refractivity (Wildman–Crippen MR) is 70.5 cm³/mol. The van der Waals surface area contributed by atoms with E-state index in [9.17, 15) is 14.7 Å². The molecule has 0 heterocycles. The molecule has 0 unspecified atom stereocenters. The highest BCUT2D eigenvalue weighted by Crippen LogP contribution is 2.28. The van der Waals surface area contributed by atoms with E-state index in [0.717, 1.165) is 0 Å². The van der Waals surface area contributed by atoms with E-state index >= 15 is 0 Å². The lowest BCUT2D eigenvalue weighted by Crippen LogP contribution is -2.28. The van der Waals surface area contributed by atoms with E-state index in [1.165, 1.54) is 20.3 Å². The Hall–Kier alpha value is -2.24. The monoisotopic (exact) mass is 282 g/mol. The van der Waals surface area contributed by atoms with Crippen molar-refractivity contribution in [2.24, 2.45) is 5.92 Å². The third kappa shape index (κ3) is 3.88. The van der Waals surface area contributed by atoms with E-state index in [-0.39, 0.29) is 12.2 Å². The Morgan fingerprint density at radius 1 is 1.20 bits per heavy atom. The van der Waals surface area contributed by atoms with E-state index in [2.05, 4.69) is 9.47 Å². The molecule has 0 atom stereocenters. The molecule has 0 bridgehead atoms. The SMILES string of the molecule is CCOc1cc(CC(C(=O)OC)C(=O)OC)ccc1O. The Morgan fingerprint density at radius 3 is 2.30 bits per heavy atom. The van der Waals surface area contributed by atoms with Crippen LogP contribution in [0.3, 0.4) is 0 Å². The number of methoxy groups -OCH3 is 2. The molecule has 0 saturated carbocycles. The van der Waals surface area contributed by atoms with Gasteiger partial charge >= 0.3 is 11.9 Å². The van der Waals surface area contributed by atoms with E-state index in [1.807, 2.05) is 0 Å². The third-order valence-corrected chi connectivity index (χ3v) is 2.74. The van der Waals surface area contributed by atoms with Crippen LogP contribution >= 0.6 is 0 Å². The van der Waals surface area contributed by atoms with E-state index in [4.69, 9.17) is 4.74 Å².